The van der Waals surface area contributed by atoms with Crippen LogP contribution in [0.15, 0.2) is 34.9 Å². The number of halogens is 1. The maximum atomic E-state index is 10.4. The molecule has 0 bridgehead atoms. The zero-order chi connectivity index (χ0) is 29.4. The summed E-state index contributed by atoms with van der Waals surface area (Å²) in [5.41, 5.74) is 6.70. The Morgan fingerprint density at radius 3 is 2.60 bits per heavy atom. The van der Waals surface area contributed by atoms with Crippen LogP contribution in [-0.4, -0.2) is 78.3 Å². The molecule has 1 aromatic carbocycles. The number of likely N-dealkylation sites (tertiary alicyclic amines) is 1. The van der Waals surface area contributed by atoms with Crippen LogP contribution in [0.2, 0.25) is 0 Å². The van der Waals surface area contributed by atoms with Gasteiger partial charge in [0.1, 0.15) is 0 Å². The van der Waals surface area contributed by atoms with E-state index in [1.54, 1.807) is 7.11 Å². The normalized spacial score (nSPS) is 19.9. The Balaban J connectivity index is 1.47. The maximum absolute atomic E-state index is 10.4. The van der Waals surface area contributed by atoms with Gasteiger partial charge in [0.25, 0.3) is 0 Å². The molecule has 1 atom stereocenters. The van der Waals surface area contributed by atoms with E-state index >= 15 is 0 Å². The summed E-state index contributed by atoms with van der Waals surface area (Å²) in [4.78, 5) is 7.71. The van der Waals surface area contributed by atoms with Crippen molar-refractivity contribution in [3.8, 4) is 11.3 Å². The van der Waals surface area contributed by atoms with Gasteiger partial charge in [0.15, 0.2) is 0 Å². The molecule has 3 aromatic rings. The van der Waals surface area contributed by atoms with Crippen LogP contribution in [0.5, 0.6) is 0 Å². The van der Waals surface area contributed by atoms with Gasteiger partial charge < -0.3 is 23.9 Å². The van der Waals surface area contributed by atoms with Crippen molar-refractivity contribution in [2.24, 2.45) is 5.41 Å². The van der Waals surface area contributed by atoms with E-state index in [-0.39, 0.29) is 24.2 Å². The molecule has 3 aliphatic rings. The third kappa shape index (κ3) is 6.35. The molecular formula is C34H46BrN3O4. The van der Waals surface area contributed by atoms with Crippen LogP contribution >= 0.6 is 15.9 Å². The Hall–Kier alpha value is -1.81. The number of pyridine rings is 1. The molecule has 2 aromatic heterocycles. The lowest BCUT2D eigenvalue weighted by Gasteiger charge is -2.40. The minimum Gasteiger partial charge on any atom is -0.396 e. The largest absolute Gasteiger partial charge is 0.396 e. The van der Waals surface area contributed by atoms with Crippen molar-refractivity contribution in [3.05, 3.63) is 51.8 Å². The quantitative estimate of drug-likeness (QED) is 0.244. The van der Waals surface area contributed by atoms with Gasteiger partial charge in [-0.05, 0) is 79.8 Å². The zero-order valence-electron chi connectivity index (χ0n) is 25.6. The fraction of sp³-hybridized carbons (Fsp3) is 0.618. The lowest BCUT2D eigenvalue weighted by molar-refractivity contribution is -0.0336. The van der Waals surface area contributed by atoms with Crippen LogP contribution in [-0.2, 0) is 27.2 Å². The number of aliphatic hydroxyl groups is 1. The summed E-state index contributed by atoms with van der Waals surface area (Å²) in [6, 6.07) is 9.75. The number of benzene rings is 1. The first-order valence-electron chi connectivity index (χ1n) is 15.7. The number of aliphatic hydroxyl groups excluding tert-OH is 1. The van der Waals surface area contributed by atoms with E-state index in [9.17, 15) is 5.11 Å². The summed E-state index contributed by atoms with van der Waals surface area (Å²) in [6.07, 6.45) is 7.49. The van der Waals surface area contributed by atoms with Crippen molar-refractivity contribution < 1.29 is 19.3 Å². The molecular weight excluding hydrogens is 594 g/mol. The fourth-order valence-electron chi connectivity index (χ4n) is 6.60. The average molecular weight is 641 g/mol. The fourth-order valence-corrected chi connectivity index (χ4v) is 6.97. The Kier molecular flexibility index (Phi) is 9.11. The summed E-state index contributed by atoms with van der Waals surface area (Å²) < 4.78 is 21.3. The summed E-state index contributed by atoms with van der Waals surface area (Å²) in [6.45, 7) is 11.6. The highest BCUT2D eigenvalue weighted by Crippen LogP contribution is 2.43. The van der Waals surface area contributed by atoms with Crippen molar-refractivity contribution >= 4 is 26.8 Å². The van der Waals surface area contributed by atoms with E-state index in [4.69, 9.17) is 19.2 Å². The number of aromatic nitrogens is 2. The van der Waals surface area contributed by atoms with Gasteiger partial charge in [-0.1, -0.05) is 29.8 Å². The van der Waals surface area contributed by atoms with Crippen molar-refractivity contribution in [3.63, 3.8) is 0 Å². The minimum atomic E-state index is -0.286. The van der Waals surface area contributed by atoms with Gasteiger partial charge in [0.05, 0.1) is 30.2 Å². The number of methoxy groups -OCH3 is 1. The standard InChI is InChI=1S/C34H46BrN3O4/c1-22(40-4)32-29(15-23(18-36-32)24-19-37(20-24)26-6-7-26)33-30(17-34(2,3)21-39)28-16-25(35)5-8-31(28)38(33)11-14-42-27-9-12-41-13-10-27/h5,8,15-16,18,22,24,26-27,39H,6-7,9-14,17,19-21H2,1-4H3/t22-/m0/s1. The molecule has 228 valence electrons. The second kappa shape index (κ2) is 12.7. The molecule has 7 nitrogen and oxygen atoms in total. The molecule has 0 spiro atoms. The van der Waals surface area contributed by atoms with E-state index in [0.717, 1.165) is 73.9 Å². The summed E-state index contributed by atoms with van der Waals surface area (Å²) in [7, 11) is 1.76. The SMILES string of the molecule is CO[C@@H](C)c1ncc(C2CN(C3CC3)C2)cc1-c1c(CC(C)(C)CO)c2cc(Br)ccc2n1CCOC1CCOCC1. The Bertz CT molecular complexity index is 1390. The first-order valence-corrected chi connectivity index (χ1v) is 16.4. The number of nitrogens with zero attached hydrogens (tertiary/aromatic N) is 3. The Morgan fingerprint density at radius 2 is 1.90 bits per heavy atom. The molecule has 0 amide bonds. The second-order valence-electron chi connectivity index (χ2n) is 13.3. The van der Waals surface area contributed by atoms with Gasteiger partial charge in [-0.15, -0.1) is 0 Å². The predicted octanol–water partition coefficient (Wildman–Crippen LogP) is 6.49. The van der Waals surface area contributed by atoms with Crippen LogP contribution in [0.4, 0.5) is 0 Å². The Morgan fingerprint density at radius 1 is 1.14 bits per heavy atom. The predicted molar refractivity (Wildman–Crippen MR) is 170 cm³/mol. The van der Waals surface area contributed by atoms with E-state index < -0.39 is 0 Å². The lowest BCUT2D eigenvalue weighted by Crippen LogP contribution is -2.46. The maximum Gasteiger partial charge on any atom is 0.0969 e. The molecule has 1 N–H and O–H groups in total. The molecule has 4 heterocycles. The number of hydrogen-bond donors (Lipinski definition) is 1. The van der Waals surface area contributed by atoms with Crippen LogP contribution in [0.3, 0.4) is 0 Å². The third-order valence-corrected chi connectivity index (χ3v) is 9.92. The molecule has 6 rings (SSSR count). The molecule has 42 heavy (non-hydrogen) atoms. The average Bonchev–Trinajstić information content (AvgIpc) is 3.76. The van der Waals surface area contributed by atoms with E-state index in [1.807, 2.05) is 0 Å². The van der Waals surface area contributed by atoms with Crippen LogP contribution < -0.4 is 0 Å². The second-order valence-corrected chi connectivity index (χ2v) is 14.2. The van der Waals surface area contributed by atoms with Crippen molar-refractivity contribution in [1.29, 1.82) is 0 Å². The van der Waals surface area contributed by atoms with E-state index in [2.05, 4.69) is 76.6 Å². The van der Waals surface area contributed by atoms with E-state index in [0.29, 0.717) is 12.5 Å². The molecule has 8 heteroatoms. The van der Waals surface area contributed by atoms with Gasteiger partial charge >= 0.3 is 0 Å². The molecule has 0 unspecified atom stereocenters. The van der Waals surface area contributed by atoms with Crippen molar-refractivity contribution in [2.75, 3.05) is 46.6 Å². The van der Waals surface area contributed by atoms with Crippen molar-refractivity contribution in [1.82, 2.24) is 14.5 Å². The first kappa shape index (κ1) is 30.2. The minimum absolute atomic E-state index is 0.110. The van der Waals surface area contributed by atoms with Crippen LogP contribution in [0.1, 0.15) is 75.3 Å². The van der Waals surface area contributed by atoms with Crippen LogP contribution in [0.25, 0.3) is 22.2 Å². The smallest absolute Gasteiger partial charge is 0.0969 e. The summed E-state index contributed by atoms with van der Waals surface area (Å²) >= 11 is 3.74. The highest BCUT2D eigenvalue weighted by molar-refractivity contribution is 9.10. The molecule has 1 aliphatic carbocycles. The molecule has 0 radical (unpaired) electrons. The molecule has 1 saturated carbocycles. The van der Waals surface area contributed by atoms with Gasteiger partial charge in [0.2, 0.25) is 0 Å². The molecule has 2 saturated heterocycles. The van der Waals surface area contributed by atoms with Gasteiger partial charge in [-0.3, -0.25) is 9.88 Å². The number of fused-ring (bicyclic) bond motifs is 1. The summed E-state index contributed by atoms with van der Waals surface area (Å²) in [5, 5.41) is 11.6. The van der Waals surface area contributed by atoms with Gasteiger partial charge in [-0.25, -0.2) is 0 Å². The highest BCUT2D eigenvalue weighted by Gasteiger charge is 2.39. The number of ether oxygens (including phenoxy) is 3. The molecule has 2 aliphatic heterocycles. The summed E-state index contributed by atoms with van der Waals surface area (Å²) in [5.74, 6) is 0.505. The van der Waals surface area contributed by atoms with Crippen molar-refractivity contribution in [2.45, 2.75) is 83.6 Å². The van der Waals surface area contributed by atoms with Gasteiger partial charge in [0, 0.05) is 85.7 Å². The van der Waals surface area contributed by atoms with Gasteiger partial charge in [-0.2, -0.15) is 0 Å². The third-order valence-electron chi connectivity index (χ3n) is 9.43. The topological polar surface area (TPSA) is 69.0 Å². The Labute approximate surface area is 258 Å². The number of rotatable bonds is 12. The monoisotopic (exact) mass is 639 g/mol. The van der Waals surface area contributed by atoms with E-state index in [1.165, 1.54) is 40.6 Å². The zero-order valence-corrected chi connectivity index (χ0v) is 27.2. The van der Waals surface area contributed by atoms with Crippen LogP contribution in [0, 0.1) is 5.41 Å². The molecule has 3 fully saturated rings. The highest BCUT2D eigenvalue weighted by atomic mass is 79.9. The first-order chi connectivity index (χ1) is 20.3. The lowest BCUT2D eigenvalue weighted by atomic mass is 9.84. The number of hydrogen-bond acceptors (Lipinski definition) is 6.